The van der Waals surface area contributed by atoms with Crippen LogP contribution < -0.4 is 5.32 Å². The molecule has 130 valence electrons. The fourth-order valence-corrected chi connectivity index (χ4v) is 2.07. The predicted molar refractivity (Wildman–Crippen MR) is 91.5 cm³/mol. The Morgan fingerprint density at radius 1 is 0.880 bits per heavy atom. The molecule has 0 atom stereocenters. The first-order valence-electron chi connectivity index (χ1n) is 7.74. The van der Waals surface area contributed by atoms with Crippen LogP contribution in [-0.4, -0.2) is 44.5 Å². The van der Waals surface area contributed by atoms with E-state index in [9.17, 15) is 14.4 Å². The molecule has 2 aromatic rings. The van der Waals surface area contributed by atoms with E-state index in [1.807, 2.05) is 6.07 Å². The van der Waals surface area contributed by atoms with Crippen molar-refractivity contribution in [3.05, 3.63) is 71.3 Å². The molecule has 0 spiro atoms. The minimum Gasteiger partial charge on any atom is -0.452 e. The minimum absolute atomic E-state index is 0.127. The standard InChI is InChI=1S/C19H19NO5/c1-24-12-11-20-17(21)13-25-19(23)16-9-7-15(8-10-16)18(22)14-5-3-2-4-6-14/h2-10H,11-13H2,1H3,(H,20,21). The smallest absolute Gasteiger partial charge is 0.338 e. The quantitative estimate of drug-likeness (QED) is 0.450. The summed E-state index contributed by atoms with van der Waals surface area (Å²) in [5.74, 6) is -1.15. The van der Waals surface area contributed by atoms with Crippen LogP contribution in [-0.2, 0) is 14.3 Å². The summed E-state index contributed by atoms with van der Waals surface area (Å²) in [6.45, 7) is 0.368. The minimum atomic E-state index is -0.624. The summed E-state index contributed by atoms with van der Waals surface area (Å²) in [6, 6.07) is 15.0. The lowest BCUT2D eigenvalue weighted by Gasteiger charge is -2.07. The molecule has 0 saturated carbocycles. The molecule has 0 heterocycles. The highest BCUT2D eigenvalue weighted by atomic mass is 16.5. The first-order chi connectivity index (χ1) is 12.1. The molecule has 6 heteroatoms. The number of nitrogens with one attached hydrogen (secondary N) is 1. The topological polar surface area (TPSA) is 81.7 Å². The van der Waals surface area contributed by atoms with Gasteiger partial charge in [-0.15, -0.1) is 0 Å². The molecule has 0 aliphatic carbocycles. The predicted octanol–water partition coefficient (Wildman–Crippen LogP) is 1.84. The van der Waals surface area contributed by atoms with Gasteiger partial charge in [0, 0.05) is 24.8 Å². The average Bonchev–Trinajstić information content (AvgIpc) is 2.66. The van der Waals surface area contributed by atoms with Crippen molar-refractivity contribution in [2.75, 3.05) is 26.9 Å². The van der Waals surface area contributed by atoms with Gasteiger partial charge in [-0.2, -0.15) is 0 Å². The Labute approximate surface area is 145 Å². The third-order valence-corrected chi connectivity index (χ3v) is 3.38. The lowest BCUT2D eigenvalue weighted by atomic mass is 10.0. The van der Waals surface area contributed by atoms with Crippen molar-refractivity contribution in [3.63, 3.8) is 0 Å². The van der Waals surface area contributed by atoms with Crippen molar-refractivity contribution in [2.45, 2.75) is 0 Å². The van der Waals surface area contributed by atoms with Gasteiger partial charge in [-0.25, -0.2) is 4.79 Å². The number of amides is 1. The maximum Gasteiger partial charge on any atom is 0.338 e. The van der Waals surface area contributed by atoms with E-state index in [0.29, 0.717) is 24.3 Å². The summed E-state index contributed by atoms with van der Waals surface area (Å²) in [5, 5.41) is 2.55. The molecule has 0 bridgehead atoms. The van der Waals surface area contributed by atoms with Crippen molar-refractivity contribution < 1.29 is 23.9 Å². The number of benzene rings is 2. The van der Waals surface area contributed by atoms with Crippen LogP contribution in [0.3, 0.4) is 0 Å². The molecule has 2 rings (SSSR count). The highest BCUT2D eigenvalue weighted by Crippen LogP contribution is 2.11. The summed E-state index contributed by atoms with van der Waals surface area (Å²) in [6.07, 6.45) is 0. The SMILES string of the molecule is COCCNC(=O)COC(=O)c1ccc(C(=O)c2ccccc2)cc1. The van der Waals surface area contributed by atoms with Gasteiger partial charge in [-0.05, 0) is 12.1 Å². The maximum atomic E-state index is 12.3. The fourth-order valence-electron chi connectivity index (χ4n) is 2.07. The molecule has 0 fully saturated rings. The van der Waals surface area contributed by atoms with Gasteiger partial charge in [0.15, 0.2) is 12.4 Å². The molecule has 25 heavy (non-hydrogen) atoms. The number of esters is 1. The summed E-state index contributed by atoms with van der Waals surface area (Å²) in [5.41, 5.74) is 1.32. The molecular formula is C19H19NO5. The first kappa shape index (κ1) is 18.4. The van der Waals surface area contributed by atoms with Crippen LogP contribution in [0.2, 0.25) is 0 Å². The van der Waals surface area contributed by atoms with Crippen molar-refractivity contribution in [3.8, 4) is 0 Å². The highest BCUT2D eigenvalue weighted by molar-refractivity contribution is 6.09. The number of hydrogen-bond donors (Lipinski definition) is 1. The number of hydrogen-bond acceptors (Lipinski definition) is 5. The molecule has 6 nitrogen and oxygen atoms in total. The largest absolute Gasteiger partial charge is 0.452 e. The van der Waals surface area contributed by atoms with Crippen molar-refractivity contribution in [1.29, 1.82) is 0 Å². The van der Waals surface area contributed by atoms with Crippen LogP contribution in [0.25, 0.3) is 0 Å². The lowest BCUT2D eigenvalue weighted by Crippen LogP contribution is -2.31. The Kier molecular flexibility index (Phi) is 6.86. The Bertz CT molecular complexity index is 725. The molecule has 0 aliphatic rings. The zero-order valence-corrected chi connectivity index (χ0v) is 13.9. The lowest BCUT2D eigenvalue weighted by molar-refractivity contribution is -0.124. The number of methoxy groups -OCH3 is 1. The zero-order valence-electron chi connectivity index (χ0n) is 13.9. The average molecular weight is 341 g/mol. The maximum absolute atomic E-state index is 12.3. The number of rotatable bonds is 8. The van der Waals surface area contributed by atoms with Gasteiger partial charge >= 0.3 is 5.97 Å². The number of carbonyl (C=O) groups excluding carboxylic acids is 3. The van der Waals surface area contributed by atoms with E-state index in [1.165, 1.54) is 19.2 Å². The molecule has 1 amide bonds. The molecule has 0 aromatic heterocycles. The summed E-state index contributed by atoms with van der Waals surface area (Å²) >= 11 is 0. The van der Waals surface area contributed by atoms with E-state index in [1.54, 1.807) is 36.4 Å². The third kappa shape index (κ3) is 5.54. The second-order valence-electron chi connectivity index (χ2n) is 5.19. The fraction of sp³-hybridized carbons (Fsp3) is 0.211. The second kappa shape index (κ2) is 9.34. The Balaban J connectivity index is 1.90. The van der Waals surface area contributed by atoms with E-state index in [2.05, 4.69) is 5.32 Å². The molecule has 0 saturated heterocycles. The van der Waals surface area contributed by atoms with Gasteiger partial charge in [0.1, 0.15) is 0 Å². The number of ketones is 1. The zero-order chi connectivity index (χ0) is 18.1. The van der Waals surface area contributed by atoms with E-state index in [-0.39, 0.29) is 18.0 Å². The number of ether oxygens (including phenoxy) is 2. The Morgan fingerprint density at radius 3 is 2.12 bits per heavy atom. The molecule has 0 radical (unpaired) electrons. The Hall–Kier alpha value is -2.99. The van der Waals surface area contributed by atoms with Crippen LogP contribution in [0.5, 0.6) is 0 Å². The molecule has 0 aliphatic heterocycles. The van der Waals surface area contributed by atoms with Crippen LogP contribution in [0.15, 0.2) is 54.6 Å². The number of carbonyl (C=O) groups is 3. The van der Waals surface area contributed by atoms with Gasteiger partial charge in [0.25, 0.3) is 5.91 Å². The summed E-state index contributed by atoms with van der Waals surface area (Å²) in [4.78, 5) is 35.7. The monoisotopic (exact) mass is 341 g/mol. The van der Waals surface area contributed by atoms with Crippen molar-refractivity contribution in [2.24, 2.45) is 0 Å². The van der Waals surface area contributed by atoms with Gasteiger partial charge in [-0.3, -0.25) is 9.59 Å². The molecule has 1 N–H and O–H groups in total. The van der Waals surface area contributed by atoms with Crippen molar-refractivity contribution in [1.82, 2.24) is 5.32 Å². The van der Waals surface area contributed by atoms with Gasteiger partial charge < -0.3 is 14.8 Å². The van der Waals surface area contributed by atoms with E-state index in [4.69, 9.17) is 9.47 Å². The molecule has 0 unspecified atom stereocenters. The van der Waals surface area contributed by atoms with Crippen LogP contribution >= 0.6 is 0 Å². The van der Waals surface area contributed by atoms with Crippen LogP contribution in [0.4, 0.5) is 0 Å². The van der Waals surface area contributed by atoms with Crippen molar-refractivity contribution >= 4 is 17.7 Å². The van der Waals surface area contributed by atoms with Gasteiger partial charge in [0.05, 0.1) is 12.2 Å². The molecule has 2 aromatic carbocycles. The molecular weight excluding hydrogens is 322 g/mol. The first-order valence-corrected chi connectivity index (χ1v) is 7.74. The van der Waals surface area contributed by atoms with E-state index >= 15 is 0 Å². The van der Waals surface area contributed by atoms with E-state index < -0.39 is 11.9 Å². The second-order valence-corrected chi connectivity index (χ2v) is 5.19. The Morgan fingerprint density at radius 2 is 1.48 bits per heavy atom. The summed E-state index contributed by atoms with van der Waals surface area (Å²) < 4.78 is 9.73. The van der Waals surface area contributed by atoms with Crippen LogP contribution in [0, 0.1) is 0 Å². The van der Waals surface area contributed by atoms with Crippen LogP contribution in [0.1, 0.15) is 26.3 Å². The summed E-state index contributed by atoms with van der Waals surface area (Å²) in [7, 11) is 1.53. The van der Waals surface area contributed by atoms with E-state index in [0.717, 1.165) is 0 Å². The van der Waals surface area contributed by atoms with Gasteiger partial charge in [0.2, 0.25) is 0 Å². The highest BCUT2D eigenvalue weighted by Gasteiger charge is 2.12. The van der Waals surface area contributed by atoms with Gasteiger partial charge in [-0.1, -0.05) is 42.5 Å². The third-order valence-electron chi connectivity index (χ3n) is 3.38. The normalized spacial score (nSPS) is 10.1.